The van der Waals surface area contributed by atoms with Crippen LogP contribution in [0.1, 0.15) is 86.8 Å². The standard InChI is InChI=1S/C31H42FN7O2/c1-5-6-26(22-7-9-24(10-8-22)29(40)35-19-27(34-4)37-38-33)39-30(41)28(23-11-13-25(32)14-12-23)36-31(39)17-15-21(16-18-31)20(2)3/h7-14,20-21,26,38H,5-6,15-19,33H2,1-4H3,(H,34,37)(H,35,40). The van der Waals surface area contributed by atoms with E-state index in [2.05, 4.69) is 42.0 Å². The highest BCUT2D eigenvalue weighted by Gasteiger charge is 2.51. The Balaban J connectivity index is 1.63. The number of nitrogens with two attached hydrogens (primary N) is 1. The third kappa shape index (κ3) is 6.65. The molecule has 41 heavy (non-hydrogen) atoms. The first-order chi connectivity index (χ1) is 19.7. The first kappa shape index (κ1) is 30.3. The number of amidine groups is 1. The number of nitrogens with one attached hydrogen (secondary N) is 3. The predicted molar refractivity (Wildman–Crippen MR) is 160 cm³/mol. The lowest BCUT2D eigenvalue weighted by Gasteiger charge is -2.46. The van der Waals surface area contributed by atoms with E-state index in [1.807, 2.05) is 17.0 Å². The minimum absolute atomic E-state index is 0.118. The van der Waals surface area contributed by atoms with Crippen LogP contribution in [0.25, 0.3) is 0 Å². The van der Waals surface area contributed by atoms with Crippen molar-refractivity contribution in [2.75, 3.05) is 13.6 Å². The van der Waals surface area contributed by atoms with Crippen molar-refractivity contribution in [3.63, 3.8) is 0 Å². The number of carbonyl (C=O) groups is 2. The summed E-state index contributed by atoms with van der Waals surface area (Å²) in [5.74, 6) is 6.22. The van der Waals surface area contributed by atoms with E-state index in [1.54, 1.807) is 31.3 Å². The number of rotatable bonds is 10. The fraction of sp³-hybridized carbons (Fsp3) is 0.484. The zero-order valence-corrected chi connectivity index (χ0v) is 24.4. The molecule has 0 bridgehead atoms. The van der Waals surface area contributed by atoms with Crippen LogP contribution in [-0.4, -0.2) is 47.5 Å². The van der Waals surface area contributed by atoms with Gasteiger partial charge in [0.05, 0.1) is 12.6 Å². The van der Waals surface area contributed by atoms with Crippen molar-refractivity contribution in [1.82, 2.24) is 21.2 Å². The molecule has 0 radical (unpaired) electrons. The van der Waals surface area contributed by atoms with Crippen molar-refractivity contribution < 1.29 is 14.0 Å². The van der Waals surface area contributed by atoms with E-state index in [9.17, 15) is 14.0 Å². The van der Waals surface area contributed by atoms with E-state index in [0.29, 0.717) is 34.5 Å². The lowest BCUT2D eigenvalue weighted by atomic mass is 9.76. The summed E-state index contributed by atoms with van der Waals surface area (Å²) in [5, 5.41) is 2.82. The molecule has 2 aromatic carbocycles. The number of hydrazine groups is 2. The van der Waals surface area contributed by atoms with Gasteiger partial charge in [-0.1, -0.05) is 39.3 Å². The quantitative estimate of drug-likeness (QED) is 0.149. The van der Waals surface area contributed by atoms with Gasteiger partial charge in [0.1, 0.15) is 23.0 Å². The molecule has 9 nitrogen and oxygen atoms in total. The number of halogens is 1. The average molecular weight is 564 g/mol. The van der Waals surface area contributed by atoms with Crippen molar-refractivity contribution in [1.29, 1.82) is 0 Å². The Bertz CT molecular complexity index is 1270. The maximum atomic E-state index is 14.2. The summed E-state index contributed by atoms with van der Waals surface area (Å²) in [4.78, 5) is 38.1. The van der Waals surface area contributed by atoms with Crippen molar-refractivity contribution in [2.45, 2.75) is 71.0 Å². The van der Waals surface area contributed by atoms with Crippen molar-refractivity contribution in [3.8, 4) is 0 Å². The molecule has 10 heteroatoms. The summed E-state index contributed by atoms with van der Waals surface area (Å²) in [6.45, 7) is 6.81. The molecule has 1 atom stereocenters. The lowest BCUT2D eigenvalue weighted by Crippen LogP contribution is -2.51. The third-order valence-corrected chi connectivity index (χ3v) is 8.42. The number of hydrogen-bond donors (Lipinski definition) is 4. The highest BCUT2D eigenvalue weighted by molar-refractivity contribution is 6.46. The van der Waals surface area contributed by atoms with Gasteiger partial charge in [-0.25, -0.2) is 4.39 Å². The van der Waals surface area contributed by atoms with Gasteiger partial charge >= 0.3 is 0 Å². The van der Waals surface area contributed by atoms with E-state index in [1.165, 1.54) is 12.1 Å². The highest BCUT2D eigenvalue weighted by atomic mass is 19.1. The fourth-order valence-corrected chi connectivity index (χ4v) is 6.07. The van der Waals surface area contributed by atoms with Crippen LogP contribution in [0.5, 0.6) is 0 Å². The Kier molecular flexibility index (Phi) is 9.88. The molecule has 1 heterocycles. The number of carbonyl (C=O) groups excluding carboxylic acids is 2. The summed E-state index contributed by atoms with van der Waals surface area (Å²) >= 11 is 0. The molecule has 1 saturated carbocycles. The lowest BCUT2D eigenvalue weighted by molar-refractivity contribution is -0.133. The zero-order chi connectivity index (χ0) is 29.6. The predicted octanol–water partition coefficient (Wildman–Crippen LogP) is 4.27. The van der Waals surface area contributed by atoms with Crippen molar-refractivity contribution >= 4 is 23.4 Å². The van der Waals surface area contributed by atoms with Gasteiger partial charge in [-0.05, 0) is 85.9 Å². The number of nitrogens with zero attached hydrogens (tertiary/aromatic N) is 3. The van der Waals surface area contributed by atoms with Gasteiger partial charge in [0, 0.05) is 18.2 Å². The Morgan fingerprint density at radius 1 is 1.15 bits per heavy atom. The normalized spacial score (nSPS) is 21.8. The summed E-state index contributed by atoms with van der Waals surface area (Å²) in [6, 6.07) is 13.3. The molecule has 220 valence electrons. The fourth-order valence-electron chi connectivity index (χ4n) is 6.07. The Hall–Kier alpha value is -3.63. The number of aliphatic imine (C=N–C) groups is 2. The molecule has 5 N–H and O–H groups in total. The third-order valence-electron chi connectivity index (χ3n) is 8.42. The molecular formula is C31H42FN7O2. The first-order valence-corrected chi connectivity index (χ1v) is 14.5. The molecule has 2 aromatic rings. The molecule has 2 aliphatic rings. The molecule has 0 saturated heterocycles. The van der Waals surface area contributed by atoms with Crippen LogP contribution in [0, 0.1) is 17.7 Å². The molecule has 2 amide bonds. The molecule has 1 spiro atoms. The number of benzene rings is 2. The van der Waals surface area contributed by atoms with Gasteiger partial charge in [-0.2, -0.15) is 5.53 Å². The minimum Gasteiger partial charge on any atom is -0.345 e. The van der Waals surface area contributed by atoms with E-state index in [-0.39, 0.29) is 30.2 Å². The summed E-state index contributed by atoms with van der Waals surface area (Å²) in [5.41, 5.74) is 6.83. The molecule has 4 rings (SSSR count). The monoisotopic (exact) mass is 563 g/mol. The average Bonchev–Trinajstić information content (AvgIpc) is 3.25. The van der Waals surface area contributed by atoms with Crippen LogP contribution < -0.4 is 22.1 Å². The molecule has 1 fully saturated rings. The smallest absolute Gasteiger partial charge is 0.275 e. The maximum absolute atomic E-state index is 14.2. The van der Waals surface area contributed by atoms with Gasteiger partial charge < -0.3 is 10.2 Å². The summed E-state index contributed by atoms with van der Waals surface area (Å²) in [6.07, 6.45) is 5.20. The summed E-state index contributed by atoms with van der Waals surface area (Å²) < 4.78 is 13.7. The van der Waals surface area contributed by atoms with E-state index >= 15 is 0 Å². The Morgan fingerprint density at radius 2 is 1.80 bits per heavy atom. The van der Waals surface area contributed by atoms with Crippen molar-refractivity contribution in [2.24, 2.45) is 27.7 Å². The topological polar surface area (TPSA) is 124 Å². The zero-order valence-electron chi connectivity index (χ0n) is 24.4. The minimum atomic E-state index is -0.637. The van der Waals surface area contributed by atoms with E-state index in [0.717, 1.165) is 44.1 Å². The largest absolute Gasteiger partial charge is 0.345 e. The van der Waals surface area contributed by atoms with Crippen LogP contribution in [0.4, 0.5) is 4.39 Å². The molecule has 1 aliphatic heterocycles. The van der Waals surface area contributed by atoms with Crippen LogP contribution in [-0.2, 0) is 4.79 Å². The van der Waals surface area contributed by atoms with Gasteiger partial charge in [-0.3, -0.25) is 30.8 Å². The number of hydrogen-bond acceptors (Lipinski definition) is 6. The second kappa shape index (κ2) is 13.4. The Labute approximate surface area is 241 Å². The second-order valence-corrected chi connectivity index (χ2v) is 11.3. The van der Waals surface area contributed by atoms with Crippen LogP contribution >= 0.6 is 0 Å². The van der Waals surface area contributed by atoms with E-state index in [4.69, 9.17) is 10.8 Å². The molecule has 0 aromatic heterocycles. The van der Waals surface area contributed by atoms with Crippen LogP contribution in [0.15, 0.2) is 58.5 Å². The summed E-state index contributed by atoms with van der Waals surface area (Å²) in [7, 11) is 1.60. The van der Waals surface area contributed by atoms with Gasteiger partial charge in [0.25, 0.3) is 11.8 Å². The van der Waals surface area contributed by atoms with Crippen LogP contribution in [0.2, 0.25) is 0 Å². The highest BCUT2D eigenvalue weighted by Crippen LogP contribution is 2.47. The van der Waals surface area contributed by atoms with Gasteiger partial charge in [-0.15, -0.1) is 0 Å². The molecule has 1 aliphatic carbocycles. The molecular weight excluding hydrogens is 521 g/mol. The van der Waals surface area contributed by atoms with Crippen LogP contribution in [0.3, 0.4) is 0 Å². The van der Waals surface area contributed by atoms with Crippen molar-refractivity contribution in [3.05, 3.63) is 71.0 Å². The molecule has 1 unspecified atom stereocenters. The first-order valence-electron chi connectivity index (χ1n) is 14.5. The second-order valence-electron chi connectivity index (χ2n) is 11.3. The maximum Gasteiger partial charge on any atom is 0.275 e. The van der Waals surface area contributed by atoms with Gasteiger partial charge in [0.2, 0.25) is 0 Å². The SMILES string of the molecule is CCCC(c1ccc(C(=O)NCC(=NC)NNN)cc1)N1C(=O)C(c2ccc(F)cc2)=NC12CCC(C(C)C)CC2. The van der Waals surface area contributed by atoms with E-state index < -0.39 is 5.66 Å². The Morgan fingerprint density at radius 3 is 2.37 bits per heavy atom. The van der Waals surface area contributed by atoms with Gasteiger partial charge in [0.15, 0.2) is 0 Å². The number of amides is 2.